The van der Waals surface area contributed by atoms with Crippen LogP contribution in [0.3, 0.4) is 0 Å². The molecular weight excluding hydrogens is 262 g/mol. The van der Waals surface area contributed by atoms with Crippen LogP contribution in [0.15, 0.2) is 29.2 Å². The molecule has 0 saturated carbocycles. The van der Waals surface area contributed by atoms with E-state index in [0.29, 0.717) is 13.0 Å². The van der Waals surface area contributed by atoms with Gasteiger partial charge in [0, 0.05) is 13.2 Å². The Hall–Kier alpha value is -0.910. The van der Waals surface area contributed by atoms with Gasteiger partial charge >= 0.3 is 0 Å². The number of aliphatic hydroxyl groups is 1. The highest BCUT2D eigenvalue weighted by Crippen LogP contribution is 2.11. The summed E-state index contributed by atoms with van der Waals surface area (Å²) in [7, 11) is -3.39. The summed E-state index contributed by atoms with van der Waals surface area (Å²) in [5.74, 6) is 0. The van der Waals surface area contributed by atoms with Crippen molar-refractivity contribution < 1.29 is 13.5 Å². The molecule has 4 nitrogen and oxygen atoms in total. The molecule has 0 aliphatic carbocycles. The van der Waals surface area contributed by atoms with Crippen LogP contribution in [0.4, 0.5) is 0 Å². The van der Waals surface area contributed by atoms with Crippen molar-refractivity contribution in [3.63, 3.8) is 0 Å². The van der Waals surface area contributed by atoms with Crippen LogP contribution in [-0.4, -0.2) is 26.7 Å². The Balaban J connectivity index is 2.52. The van der Waals surface area contributed by atoms with Crippen molar-refractivity contribution in [3.8, 4) is 0 Å². The van der Waals surface area contributed by atoms with Crippen molar-refractivity contribution >= 4 is 10.0 Å². The van der Waals surface area contributed by atoms with Crippen LogP contribution < -0.4 is 4.72 Å². The highest BCUT2D eigenvalue weighted by molar-refractivity contribution is 7.89. The number of aliphatic hydroxyl groups excluding tert-OH is 1. The molecule has 5 heteroatoms. The zero-order valence-corrected chi connectivity index (χ0v) is 12.2. The van der Waals surface area contributed by atoms with Gasteiger partial charge in [-0.15, -0.1) is 0 Å². The molecule has 0 aliphatic heterocycles. The average Bonchev–Trinajstić information content (AvgIpc) is 2.39. The maximum absolute atomic E-state index is 12.0. The highest BCUT2D eigenvalue weighted by Gasteiger charge is 2.12. The van der Waals surface area contributed by atoms with Crippen LogP contribution in [-0.2, 0) is 16.4 Å². The van der Waals surface area contributed by atoms with Crippen molar-refractivity contribution in [3.05, 3.63) is 29.8 Å². The summed E-state index contributed by atoms with van der Waals surface area (Å²) in [5.41, 5.74) is 0.935. The minimum absolute atomic E-state index is 0.0712. The lowest BCUT2D eigenvalue weighted by molar-refractivity contribution is 0.299. The molecule has 108 valence electrons. The fraction of sp³-hybridized carbons (Fsp3) is 0.571. The average molecular weight is 285 g/mol. The van der Waals surface area contributed by atoms with Gasteiger partial charge in [0.25, 0.3) is 0 Å². The molecule has 0 amide bonds. The predicted molar refractivity (Wildman–Crippen MR) is 76.6 cm³/mol. The fourth-order valence-electron chi connectivity index (χ4n) is 1.81. The molecule has 0 spiro atoms. The van der Waals surface area contributed by atoms with Crippen molar-refractivity contribution in [2.75, 3.05) is 13.2 Å². The Labute approximate surface area is 115 Å². The molecule has 0 unspecified atom stereocenters. The second-order valence-corrected chi connectivity index (χ2v) is 6.34. The zero-order valence-electron chi connectivity index (χ0n) is 11.4. The number of rotatable bonds is 9. The standard InChI is InChI=1S/C14H23NO3S/c1-2-3-4-5-11-15-19(17,18)14-8-6-13(7-9-14)10-12-16/h6-9,15-16H,2-5,10-12H2,1H3. The van der Waals surface area contributed by atoms with Gasteiger partial charge in [0.1, 0.15) is 0 Å². The van der Waals surface area contributed by atoms with E-state index in [4.69, 9.17) is 5.11 Å². The normalized spacial score (nSPS) is 11.7. The lowest BCUT2D eigenvalue weighted by Gasteiger charge is -2.07. The van der Waals surface area contributed by atoms with Gasteiger partial charge in [-0.25, -0.2) is 13.1 Å². The molecule has 1 rings (SSSR count). The van der Waals surface area contributed by atoms with Crippen LogP contribution in [0.5, 0.6) is 0 Å². The van der Waals surface area contributed by atoms with Crippen LogP contribution in [0.2, 0.25) is 0 Å². The Morgan fingerprint density at radius 3 is 2.37 bits per heavy atom. The van der Waals surface area contributed by atoms with E-state index in [1.807, 2.05) is 0 Å². The third-order valence-electron chi connectivity index (χ3n) is 2.96. The lowest BCUT2D eigenvalue weighted by atomic mass is 10.2. The molecule has 0 heterocycles. The Bertz CT molecular complexity index is 454. The van der Waals surface area contributed by atoms with E-state index >= 15 is 0 Å². The summed E-state index contributed by atoms with van der Waals surface area (Å²) in [6.07, 6.45) is 4.74. The van der Waals surface area contributed by atoms with E-state index in [-0.39, 0.29) is 11.5 Å². The summed E-state index contributed by atoms with van der Waals surface area (Å²) in [6.45, 7) is 2.68. The van der Waals surface area contributed by atoms with Gasteiger partial charge in [0.15, 0.2) is 0 Å². The summed E-state index contributed by atoms with van der Waals surface area (Å²) in [5, 5.41) is 8.81. The molecule has 1 aromatic carbocycles. The first-order valence-electron chi connectivity index (χ1n) is 6.79. The van der Waals surface area contributed by atoms with E-state index in [1.165, 1.54) is 0 Å². The van der Waals surface area contributed by atoms with E-state index in [0.717, 1.165) is 31.2 Å². The molecule has 0 radical (unpaired) electrons. The van der Waals surface area contributed by atoms with Gasteiger partial charge in [-0.2, -0.15) is 0 Å². The summed E-state index contributed by atoms with van der Waals surface area (Å²) in [6, 6.07) is 6.64. The summed E-state index contributed by atoms with van der Waals surface area (Å²) >= 11 is 0. The topological polar surface area (TPSA) is 66.4 Å². The zero-order chi connectivity index (χ0) is 14.1. The maximum atomic E-state index is 12.0. The Kier molecular flexibility index (Phi) is 7.05. The first kappa shape index (κ1) is 16.1. The van der Waals surface area contributed by atoms with Gasteiger partial charge < -0.3 is 5.11 Å². The Morgan fingerprint density at radius 1 is 1.11 bits per heavy atom. The van der Waals surface area contributed by atoms with Crippen molar-refractivity contribution in [2.24, 2.45) is 0 Å². The smallest absolute Gasteiger partial charge is 0.240 e. The van der Waals surface area contributed by atoms with Crippen LogP contribution in [0.1, 0.15) is 38.2 Å². The van der Waals surface area contributed by atoms with Crippen molar-refractivity contribution in [2.45, 2.75) is 43.9 Å². The van der Waals surface area contributed by atoms with Crippen molar-refractivity contribution in [1.82, 2.24) is 4.72 Å². The largest absolute Gasteiger partial charge is 0.396 e. The quantitative estimate of drug-likeness (QED) is 0.683. The molecule has 0 atom stereocenters. The molecule has 0 bridgehead atoms. The Morgan fingerprint density at radius 2 is 1.79 bits per heavy atom. The molecule has 0 saturated heterocycles. The van der Waals surface area contributed by atoms with Gasteiger partial charge in [-0.05, 0) is 30.5 Å². The number of unbranched alkanes of at least 4 members (excludes halogenated alkanes) is 3. The molecule has 0 fully saturated rings. The minimum Gasteiger partial charge on any atom is -0.396 e. The van der Waals surface area contributed by atoms with Gasteiger partial charge in [0.05, 0.1) is 4.90 Å². The van der Waals surface area contributed by atoms with E-state index in [9.17, 15) is 8.42 Å². The number of nitrogens with one attached hydrogen (secondary N) is 1. The number of hydrogen-bond acceptors (Lipinski definition) is 3. The molecule has 0 aromatic heterocycles. The molecule has 0 aliphatic rings. The second kappa shape index (κ2) is 8.30. The fourth-order valence-corrected chi connectivity index (χ4v) is 2.88. The lowest BCUT2D eigenvalue weighted by Crippen LogP contribution is -2.24. The van der Waals surface area contributed by atoms with Gasteiger partial charge in [-0.3, -0.25) is 0 Å². The van der Waals surface area contributed by atoms with Crippen molar-refractivity contribution in [1.29, 1.82) is 0 Å². The van der Waals surface area contributed by atoms with Crippen LogP contribution in [0, 0.1) is 0 Å². The number of benzene rings is 1. The second-order valence-electron chi connectivity index (χ2n) is 4.58. The molecule has 1 aromatic rings. The summed E-state index contributed by atoms with van der Waals surface area (Å²) < 4.78 is 26.6. The van der Waals surface area contributed by atoms with E-state index < -0.39 is 10.0 Å². The van der Waals surface area contributed by atoms with E-state index in [1.54, 1.807) is 24.3 Å². The van der Waals surface area contributed by atoms with E-state index in [2.05, 4.69) is 11.6 Å². The van der Waals surface area contributed by atoms with Crippen LogP contribution in [0.25, 0.3) is 0 Å². The third kappa shape index (κ3) is 5.72. The summed E-state index contributed by atoms with van der Waals surface area (Å²) in [4.78, 5) is 0.282. The number of hydrogen-bond donors (Lipinski definition) is 2. The highest BCUT2D eigenvalue weighted by atomic mass is 32.2. The van der Waals surface area contributed by atoms with Gasteiger partial charge in [-0.1, -0.05) is 38.3 Å². The molecule has 19 heavy (non-hydrogen) atoms. The third-order valence-corrected chi connectivity index (χ3v) is 4.43. The first-order valence-corrected chi connectivity index (χ1v) is 8.28. The maximum Gasteiger partial charge on any atom is 0.240 e. The number of sulfonamides is 1. The predicted octanol–water partition coefficient (Wildman–Crippen LogP) is 2.08. The minimum atomic E-state index is -3.39. The molecule has 2 N–H and O–H groups in total. The van der Waals surface area contributed by atoms with Crippen LogP contribution >= 0.6 is 0 Å². The molecular formula is C14H23NO3S. The van der Waals surface area contributed by atoms with Gasteiger partial charge in [0.2, 0.25) is 10.0 Å². The monoisotopic (exact) mass is 285 g/mol. The first-order chi connectivity index (χ1) is 9.10. The SMILES string of the molecule is CCCCCCNS(=O)(=O)c1ccc(CCO)cc1.